The van der Waals surface area contributed by atoms with Crippen molar-refractivity contribution in [2.75, 3.05) is 25.0 Å². The molecule has 2 aromatic rings. The lowest BCUT2D eigenvalue weighted by molar-refractivity contribution is 0.683. The van der Waals surface area contributed by atoms with Crippen molar-refractivity contribution >= 4 is 5.69 Å². The first-order chi connectivity index (χ1) is 10.2. The average molecular weight is 284 g/mol. The van der Waals surface area contributed by atoms with E-state index in [-0.39, 0.29) is 0 Å². The summed E-state index contributed by atoms with van der Waals surface area (Å²) < 4.78 is 1.86. The van der Waals surface area contributed by atoms with Crippen LogP contribution in [0.15, 0.2) is 30.6 Å². The molecule has 112 valence electrons. The lowest BCUT2D eigenvalue weighted by atomic mass is 9.99. The second kappa shape index (κ2) is 6.31. The Balaban J connectivity index is 1.51. The number of nitrogens with one attached hydrogen (secondary N) is 1. The molecule has 0 atom stereocenters. The van der Waals surface area contributed by atoms with Crippen LogP contribution in [0.3, 0.4) is 0 Å². The number of nitrogens with zero attached hydrogens (tertiary/aromatic N) is 3. The van der Waals surface area contributed by atoms with Gasteiger partial charge in [-0.05, 0) is 48.6 Å². The van der Waals surface area contributed by atoms with Gasteiger partial charge in [-0.25, -0.2) is 0 Å². The van der Waals surface area contributed by atoms with Crippen molar-refractivity contribution in [3.8, 4) is 0 Å². The Morgan fingerprint density at radius 1 is 1.24 bits per heavy atom. The SMILES string of the molecule is CN1CCCc2cc(CNCCc3cnn(C)c3)ccc21. The third-order valence-electron chi connectivity index (χ3n) is 4.17. The maximum Gasteiger partial charge on any atom is 0.0522 e. The quantitative estimate of drug-likeness (QED) is 0.854. The molecule has 4 heteroatoms. The number of aryl methyl sites for hydroxylation is 2. The number of benzene rings is 1. The van der Waals surface area contributed by atoms with Crippen molar-refractivity contribution in [2.45, 2.75) is 25.8 Å². The number of hydrogen-bond acceptors (Lipinski definition) is 3. The summed E-state index contributed by atoms with van der Waals surface area (Å²) in [5.41, 5.74) is 5.57. The van der Waals surface area contributed by atoms with Gasteiger partial charge in [-0.3, -0.25) is 4.68 Å². The van der Waals surface area contributed by atoms with Crippen LogP contribution in [0.25, 0.3) is 0 Å². The van der Waals surface area contributed by atoms with Crippen molar-refractivity contribution in [1.82, 2.24) is 15.1 Å². The number of rotatable bonds is 5. The lowest BCUT2D eigenvalue weighted by Gasteiger charge is -2.27. The summed E-state index contributed by atoms with van der Waals surface area (Å²) in [5, 5.41) is 7.72. The second-order valence-corrected chi connectivity index (χ2v) is 5.94. The third-order valence-corrected chi connectivity index (χ3v) is 4.17. The molecule has 4 nitrogen and oxygen atoms in total. The van der Waals surface area contributed by atoms with E-state index in [1.807, 2.05) is 17.9 Å². The molecule has 0 radical (unpaired) electrons. The van der Waals surface area contributed by atoms with Gasteiger partial charge in [-0.2, -0.15) is 5.10 Å². The topological polar surface area (TPSA) is 33.1 Å². The van der Waals surface area contributed by atoms with Gasteiger partial charge < -0.3 is 10.2 Å². The summed E-state index contributed by atoms with van der Waals surface area (Å²) >= 11 is 0. The molecule has 21 heavy (non-hydrogen) atoms. The van der Waals surface area contributed by atoms with Crippen LogP contribution in [0.5, 0.6) is 0 Å². The van der Waals surface area contributed by atoms with E-state index < -0.39 is 0 Å². The van der Waals surface area contributed by atoms with Gasteiger partial charge >= 0.3 is 0 Å². The highest BCUT2D eigenvalue weighted by atomic mass is 15.2. The first-order valence-electron chi connectivity index (χ1n) is 7.73. The Hall–Kier alpha value is -1.81. The van der Waals surface area contributed by atoms with Crippen LogP contribution in [0.2, 0.25) is 0 Å². The molecule has 2 heterocycles. The van der Waals surface area contributed by atoms with Crippen LogP contribution in [0, 0.1) is 0 Å². The molecule has 0 saturated heterocycles. The average Bonchev–Trinajstić information content (AvgIpc) is 2.89. The van der Waals surface area contributed by atoms with Crippen LogP contribution in [0.4, 0.5) is 5.69 Å². The first-order valence-corrected chi connectivity index (χ1v) is 7.73. The van der Waals surface area contributed by atoms with Crippen LogP contribution >= 0.6 is 0 Å². The van der Waals surface area contributed by atoms with E-state index in [4.69, 9.17) is 0 Å². The predicted molar refractivity (Wildman–Crippen MR) is 86.7 cm³/mol. The molecular weight excluding hydrogens is 260 g/mol. The van der Waals surface area contributed by atoms with Crippen LogP contribution in [-0.2, 0) is 26.4 Å². The molecular formula is C17H24N4. The van der Waals surface area contributed by atoms with Gasteiger partial charge in [-0.15, -0.1) is 0 Å². The largest absolute Gasteiger partial charge is 0.374 e. The highest BCUT2D eigenvalue weighted by Crippen LogP contribution is 2.26. The maximum atomic E-state index is 4.19. The Morgan fingerprint density at radius 3 is 2.95 bits per heavy atom. The van der Waals surface area contributed by atoms with Crippen molar-refractivity contribution in [3.05, 3.63) is 47.3 Å². The molecule has 1 aliphatic heterocycles. The Kier molecular flexibility index (Phi) is 4.25. The van der Waals surface area contributed by atoms with Gasteiger partial charge in [0.15, 0.2) is 0 Å². The zero-order valence-electron chi connectivity index (χ0n) is 13.0. The van der Waals surface area contributed by atoms with Crippen molar-refractivity contribution in [3.63, 3.8) is 0 Å². The summed E-state index contributed by atoms with van der Waals surface area (Å²) in [6.07, 6.45) is 7.53. The smallest absolute Gasteiger partial charge is 0.0522 e. The van der Waals surface area contributed by atoms with Gasteiger partial charge in [0.25, 0.3) is 0 Å². The molecule has 1 aromatic carbocycles. The Bertz CT molecular complexity index is 603. The maximum absolute atomic E-state index is 4.19. The molecule has 0 saturated carbocycles. The molecule has 0 bridgehead atoms. The molecule has 3 rings (SSSR count). The van der Waals surface area contributed by atoms with Crippen LogP contribution in [0.1, 0.15) is 23.1 Å². The minimum atomic E-state index is 0.942. The van der Waals surface area contributed by atoms with E-state index in [0.717, 1.165) is 19.5 Å². The highest BCUT2D eigenvalue weighted by Gasteiger charge is 2.13. The molecule has 0 fully saturated rings. The van der Waals surface area contributed by atoms with E-state index in [1.54, 1.807) is 0 Å². The number of aromatic nitrogens is 2. The Morgan fingerprint density at radius 2 is 2.14 bits per heavy atom. The second-order valence-electron chi connectivity index (χ2n) is 5.94. The Labute approximate surface area is 126 Å². The van der Waals surface area contributed by atoms with Crippen molar-refractivity contribution < 1.29 is 0 Å². The molecule has 0 spiro atoms. The normalized spacial score (nSPS) is 14.3. The molecule has 0 aliphatic carbocycles. The van der Waals surface area contributed by atoms with Crippen molar-refractivity contribution in [2.24, 2.45) is 7.05 Å². The van der Waals surface area contributed by atoms with E-state index in [1.165, 1.54) is 41.8 Å². The fraction of sp³-hybridized carbons (Fsp3) is 0.471. The highest BCUT2D eigenvalue weighted by molar-refractivity contribution is 5.56. The number of fused-ring (bicyclic) bond motifs is 1. The van der Waals surface area contributed by atoms with E-state index >= 15 is 0 Å². The minimum absolute atomic E-state index is 0.942. The van der Waals surface area contributed by atoms with Crippen LogP contribution in [-0.4, -0.2) is 29.9 Å². The van der Waals surface area contributed by atoms with Gasteiger partial charge in [0.2, 0.25) is 0 Å². The summed E-state index contributed by atoms with van der Waals surface area (Å²) in [7, 11) is 4.14. The summed E-state index contributed by atoms with van der Waals surface area (Å²) in [4.78, 5) is 2.36. The molecule has 0 amide bonds. The van der Waals surface area contributed by atoms with Gasteiger partial charge in [0.05, 0.1) is 6.20 Å². The van der Waals surface area contributed by atoms with Crippen molar-refractivity contribution in [1.29, 1.82) is 0 Å². The summed E-state index contributed by atoms with van der Waals surface area (Å²) in [6.45, 7) is 3.11. The number of hydrogen-bond donors (Lipinski definition) is 1. The summed E-state index contributed by atoms with van der Waals surface area (Å²) in [5.74, 6) is 0. The van der Waals surface area contributed by atoms with E-state index in [0.29, 0.717) is 0 Å². The predicted octanol–water partition coefficient (Wildman–Crippen LogP) is 2.13. The van der Waals surface area contributed by atoms with E-state index in [2.05, 4.69) is 46.8 Å². The van der Waals surface area contributed by atoms with E-state index in [9.17, 15) is 0 Å². The monoisotopic (exact) mass is 284 g/mol. The molecule has 1 aliphatic rings. The van der Waals surface area contributed by atoms with Crippen LogP contribution < -0.4 is 10.2 Å². The number of anilines is 1. The van der Waals surface area contributed by atoms with Gasteiger partial charge in [0, 0.05) is 39.1 Å². The standard InChI is InChI=1S/C17H24N4/c1-20-9-3-4-16-10-14(5-6-17(16)20)11-18-8-7-15-12-19-21(2)13-15/h5-6,10,12-13,18H,3-4,7-9,11H2,1-2H3. The fourth-order valence-corrected chi connectivity index (χ4v) is 3.01. The molecule has 1 aromatic heterocycles. The zero-order chi connectivity index (χ0) is 14.7. The lowest BCUT2D eigenvalue weighted by Crippen LogP contribution is -2.25. The van der Waals surface area contributed by atoms with Gasteiger partial charge in [-0.1, -0.05) is 12.1 Å². The summed E-state index contributed by atoms with van der Waals surface area (Å²) in [6, 6.07) is 6.88. The zero-order valence-corrected chi connectivity index (χ0v) is 13.0. The molecule has 0 unspecified atom stereocenters. The minimum Gasteiger partial charge on any atom is -0.374 e. The first kappa shape index (κ1) is 14.1. The molecule has 1 N–H and O–H groups in total. The van der Waals surface area contributed by atoms with Gasteiger partial charge in [0.1, 0.15) is 0 Å². The third kappa shape index (κ3) is 3.45. The fourth-order valence-electron chi connectivity index (χ4n) is 3.01.